The van der Waals surface area contributed by atoms with Crippen molar-refractivity contribution in [2.24, 2.45) is 0 Å². The predicted octanol–water partition coefficient (Wildman–Crippen LogP) is 2.26. The van der Waals surface area contributed by atoms with Crippen molar-refractivity contribution in [3.63, 3.8) is 0 Å². The fourth-order valence-corrected chi connectivity index (χ4v) is 1.84. The van der Waals surface area contributed by atoms with Crippen molar-refractivity contribution in [2.45, 2.75) is 25.4 Å². The Morgan fingerprint density at radius 2 is 2.50 bits per heavy atom. The van der Waals surface area contributed by atoms with Gasteiger partial charge in [0.1, 0.15) is 5.60 Å². The van der Waals surface area contributed by atoms with Crippen LogP contribution in [0.4, 0.5) is 0 Å². The molecule has 0 aromatic carbocycles. The second kappa shape index (κ2) is 3.70. The Morgan fingerprint density at radius 3 is 2.92 bits per heavy atom. The van der Waals surface area contributed by atoms with E-state index in [4.69, 9.17) is 5.26 Å². The van der Waals surface area contributed by atoms with Crippen LogP contribution in [0, 0.1) is 11.3 Å². The number of nitrogens with zero attached hydrogens (tertiary/aromatic N) is 1. The molecular formula is C9H11NOS. The molecule has 0 saturated heterocycles. The molecule has 1 heterocycles. The zero-order chi connectivity index (χ0) is 9.03. The van der Waals surface area contributed by atoms with Crippen LogP contribution in [-0.4, -0.2) is 5.11 Å². The van der Waals surface area contributed by atoms with E-state index in [1.54, 1.807) is 0 Å². The largest absolute Gasteiger partial charge is 0.384 e. The standard InChI is InChI=1S/C9H11NOS/c1-2-9(11,4-5-10)8-3-6-12-7-8/h3,6-7,11H,2,4H2,1H3. The monoisotopic (exact) mass is 181 g/mol. The van der Waals surface area contributed by atoms with E-state index in [0.29, 0.717) is 6.42 Å². The van der Waals surface area contributed by atoms with Crippen molar-refractivity contribution < 1.29 is 5.11 Å². The molecule has 0 amide bonds. The van der Waals surface area contributed by atoms with E-state index in [1.165, 1.54) is 11.3 Å². The first-order valence-corrected chi connectivity index (χ1v) is 4.79. The Balaban J connectivity index is 2.89. The number of hydrogen-bond donors (Lipinski definition) is 1. The lowest BCUT2D eigenvalue weighted by molar-refractivity contribution is 0.0378. The van der Waals surface area contributed by atoms with Crippen LogP contribution in [0.15, 0.2) is 16.8 Å². The first kappa shape index (κ1) is 9.24. The first-order valence-electron chi connectivity index (χ1n) is 3.85. The minimum atomic E-state index is -0.936. The lowest BCUT2D eigenvalue weighted by Crippen LogP contribution is -2.22. The van der Waals surface area contributed by atoms with Gasteiger partial charge in [-0.1, -0.05) is 6.92 Å². The number of rotatable bonds is 3. The molecule has 64 valence electrons. The molecule has 1 rings (SSSR count). The normalized spacial score (nSPS) is 15.1. The molecule has 1 aromatic rings. The molecule has 12 heavy (non-hydrogen) atoms. The summed E-state index contributed by atoms with van der Waals surface area (Å²) in [6.45, 7) is 1.88. The van der Waals surface area contributed by atoms with Gasteiger partial charge in [0.25, 0.3) is 0 Å². The molecule has 0 aliphatic rings. The minimum Gasteiger partial charge on any atom is -0.384 e. The smallest absolute Gasteiger partial charge is 0.103 e. The molecule has 0 saturated carbocycles. The third kappa shape index (κ3) is 1.66. The molecular weight excluding hydrogens is 170 g/mol. The van der Waals surface area contributed by atoms with Crippen molar-refractivity contribution in [2.75, 3.05) is 0 Å². The second-order valence-corrected chi connectivity index (χ2v) is 3.51. The van der Waals surface area contributed by atoms with Crippen LogP contribution in [0.25, 0.3) is 0 Å². The molecule has 3 heteroatoms. The lowest BCUT2D eigenvalue weighted by atomic mass is 9.91. The van der Waals surface area contributed by atoms with Crippen molar-refractivity contribution in [3.8, 4) is 6.07 Å². The predicted molar refractivity (Wildman–Crippen MR) is 48.7 cm³/mol. The fourth-order valence-electron chi connectivity index (χ4n) is 1.09. The number of nitriles is 1. The summed E-state index contributed by atoms with van der Waals surface area (Å²) in [7, 11) is 0. The second-order valence-electron chi connectivity index (χ2n) is 2.73. The highest BCUT2D eigenvalue weighted by molar-refractivity contribution is 7.08. The van der Waals surface area contributed by atoms with Crippen molar-refractivity contribution in [3.05, 3.63) is 22.4 Å². The lowest BCUT2D eigenvalue weighted by Gasteiger charge is -2.22. The Labute approximate surface area is 76.1 Å². The zero-order valence-corrected chi connectivity index (χ0v) is 7.77. The van der Waals surface area contributed by atoms with Crippen LogP contribution in [0.3, 0.4) is 0 Å². The maximum atomic E-state index is 9.96. The van der Waals surface area contributed by atoms with Crippen molar-refractivity contribution >= 4 is 11.3 Å². The molecule has 1 atom stereocenters. The van der Waals surface area contributed by atoms with Gasteiger partial charge in [0.05, 0.1) is 12.5 Å². The summed E-state index contributed by atoms with van der Waals surface area (Å²) in [4.78, 5) is 0. The van der Waals surface area contributed by atoms with Crippen molar-refractivity contribution in [1.82, 2.24) is 0 Å². The molecule has 0 aliphatic heterocycles. The summed E-state index contributed by atoms with van der Waals surface area (Å²) in [6.07, 6.45) is 0.748. The van der Waals surface area contributed by atoms with Gasteiger partial charge < -0.3 is 5.11 Å². The summed E-state index contributed by atoms with van der Waals surface area (Å²) in [6, 6.07) is 3.87. The highest BCUT2D eigenvalue weighted by Gasteiger charge is 2.26. The third-order valence-corrected chi connectivity index (χ3v) is 2.70. The molecule has 0 fully saturated rings. The van der Waals surface area contributed by atoms with E-state index in [1.807, 2.05) is 29.8 Å². The van der Waals surface area contributed by atoms with E-state index in [9.17, 15) is 5.11 Å². The van der Waals surface area contributed by atoms with Crippen LogP contribution in [0.1, 0.15) is 25.3 Å². The van der Waals surface area contributed by atoms with Gasteiger partial charge in [0.2, 0.25) is 0 Å². The number of thiophene rings is 1. The van der Waals surface area contributed by atoms with Gasteiger partial charge in [-0.3, -0.25) is 0 Å². The van der Waals surface area contributed by atoms with Gasteiger partial charge in [-0.2, -0.15) is 16.6 Å². The Kier molecular flexibility index (Phi) is 2.85. The van der Waals surface area contributed by atoms with Crippen LogP contribution < -0.4 is 0 Å². The van der Waals surface area contributed by atoms with Gasteiger partial charge in [-0.25, -0.2) is 0 Å². The molecule has 0 bridgehead atoms. The quantitative estimate of drug-likeness (QED) is 0.777. The van der Waals surface area contributed by atoms with Gasteiger partial charge in [0.15, 0.2) is 0 Å². The van der Waals surface area contributed by atoms with Gasteiger partial charge in [-0.05, 0) is 28.8 Å². The minimum absolute atomic E-state index is 0.167. The third-order valence-electron chi connectivity index (χ3n) is 2.01. The van der Waals surface area contributed by atoms with E-state index in [0.717, 1.165) is 5.56 Å². The summed E-state index contributed by atoms with van der Waals surface area (Å²) in [5.74, 6) is 0. The van der Waals surface area contributed by atoms with E-state index in [2.05, 4.69) is 0 Å². The van der Waals surface area contributed by atoms with Crippen LogP contribution in [-0.2, 0) is 5.60 Å². The van der Waals surface area contributed by atoms with Crippen LogP contribution in [0.5, 0.6) is 0 Å². The van der Waals surface area contributed by atoms with Crippen molar-refractivity contribution in [1.29, 1.82) is 5.26 Å². The molecule has 1 unspecified atom stereocenters. The highest BCUT2D eigenvalue weighted by atomic mass is 32.1. The first-order chi connectivity index (χ1) is 5.73. The molecule has 0 aliphatic carbocycles. The van der Waals surface area contributed by atoms with Gasteiger partial charge in [-0.15, -0.1) is 0 Å². The summed E-state index contributed by atoms with van der Waals surface area (Å²) in [5, 5.41) is 22.3. The molecule has 0 spiro atoms. The van der Waals surface area contributed by atoms with E-state index < -0.39 is 5.60 Å². The average molecular weight is 181 g/mol. The Hall–Kier alpha value is -0.850. The Morgan fingerprint density at radius 1 is 1.75 bits per heavy atom. The number of hydrogen-bond acceptors (Lipinski definition) is 3. The van der Waals surface area contributed by atoms with E-state index >= 15 is 0 Å². The van der Waals surface area contributed by atoms with Gasteiger partial charge >= 0.3 is 0 Å². The maximum Gasteiger partial charge on any atom is 0.103 e. The van der Waals surface area contributed by atoms with Crippen LogP contribution in [0.2, 0.25) is 0 Å². The molecule has 1 N–H and O–H groups in total. The summed E-state index contributed by atoms with van der Waals surface area (Å²) in [5.41, 5.74) is -0.0778. The molecule has 0 radical (unpaired) electrons. The summed E-state index contributed by atoms with van der Waals surface area (Å²) >= 11 is 1.54. The zero-order valence-electron chi connectivity index (χ0n) is 6.95. The topological polar surface area (TPSA) is 44.0 Å². The fraction of sp³-hybridized carbons (Fsp3) is 0.444. The van der Waals surface area contributed by atoms with E-state index in [-0.39, 0.29) is 6.42 Å². The maximum absolute atomic E-state index is 9.96. The van der Waals surface area contributed by atoms with Crippen LogP contribution >= 0.6 is 11.3 Å². The molecule has 2 nitrogen and oxygen atoms in total. The molecule has 1 aromatic heterocycles. The van der Waals surface area contributed by atoms with Gasteiger partial charge in [0, 0.05) is 0 Å². The Bertz CT molecular complexity index is 275. The highest BCUT2D eigenvalue weighted by Crippen LogP contribution is 2.29. The summed E-state index contributed by atoms with van der Waals surface area (Å²) < 4.78 is 0. The number of aliphatic hydroxyl groups is 1. The average Bonchev–Trinajstić information content (AvgIpc) is 2.57. The SMILES string of the molecule is CCC(O)(CC#N)c1ccsc1.